The van der Waals surface area contributed by atoms with Crippen molar-refractivity contribution in [1.82, 2.24) is 4.98 Å². The maximum absolute atomic E-state index is 12.3. The van der Waals surface area contributed by atoms with Crippen LogP contribution in [-0.2, 0) is 10.0 Å². The fraction of sp³-hybridized carbons (Fsp3) is 0.0833. The Labute approximate surface area is 135 Å². The normalized spacial score (nSPS) is 11.4. The molecule has 20 heavy (non-hydrogen) atoms. The summed E-state index contributed by atoms with van der Waals surface area (Å²) in [7, 11) is -3.73. The van der Waals surface area contributed by atoms with Crippen molar-refractivity contribution in [1.29, 1.82) is 0 Å². The fourth-order valence-electron chi connectivity index (χ4n) is 1.55. The van der Waals surface area contributed by atoms with Crippen molar-refractivity contribution in [2.45, 2.75) is 11.8 Å². The third-order valence-electron chi connectivity index (χ3n) is 2.49. The molecule has 0 fully saturated rings. The van der Waals surface area contributed by atoms with Gasteiger partial charge in [0.1, 0.15) is 5.15 Å². The number of nitrogens with one attached hydrogen (secondary N) is 1. The van der Waals surface area contributed by atoms with E-state index in [4.69, 9.17) is 23.2 Å². The summed E-state index contributed by atoms with van der Waals surface area (Å²) in [6, 6.07) is 6.22. The quantitative estimate of drug-likeness (QED) is 0.789. The fourth-order valence-corrected chi connectivity index (χ4v) is 3.55. The largest absolute Gasteiger partial charge is 0.278 e. The zero-order valence-corrected chi connectivity index (χ0v) is 14.1. The summed E-state index contributed by atoms with van der Waals surface area (Å²) in [6.07, 6.45) is 1.34. The van der Waals surface area contributed by atoms with Gasteiger partial charge >= 0.3 is 0 Å². The summed E-state index contributed by atoms with van der Waals surface area (Å²) in [5.74, 6) is 0. The lowest BCUT2D eigenvalue weighted by atomic mass is 10.2. The van der Waals surface area contributed by atoms with Gasteiger partial charge in [0, 0.05) is 5.02 Å². The molecule has 0 unspecified atom stereocenters. The standard InChI is InChI=1S/C12H9BrCl2N2O2S/c1-7-2-3-8(14)4-11(7)20(18,19)17-9-5-10(13)12(15)16-6-9/h2-6,17H,1H3. The molecule has 0 radical (unpaired) electrons. The summed E-state index contributed by atoms with van der Waals surface area (Å²) in [6.45, 7) is 1.70. The highest BCUT2D eigenvalue weighted by Crippen LogP contribution is 2.26. The molecule has 1 aromatic heterocycles. The summed E-state index contributed by atoms with van der Waals surface area (Å²) in [4.78, 5) is 3.98. The monoisotopic (exact) mass is 394 g/mol. The molecule has 0 aliphatic heterocycles. The Kier molecular flexibility index (Phi) is 4.59. The molecule has 1 N–H and O–H groups in total. The minimum atomic E-state index is -3.73. The molecule has 0 spiro atoms. The topological polar surface area (TPSA) is 59.1 Å². The molecule has 1 heterocycles. The Morgan fingerprint density at radius 2 is 1.95 bits per heavy atom. The van der Waals surface area contributed by atoms with Crippen LogP contribution < -0.4 is 4.72 Å². The number of anilines is 1. The van der Waals surface area contributed by atoms with Crippen LogP contribution in [0.4, 0.5) is 5.69 Å². The van der Waals surface area contributed by atoms with E-state index >= 15 is 0 Å². The number of rotatable bonds is 3. The highest BCUT2D eigenvalue weighted by atomic mass is 79.9. The van der Waals surface area contributed by atoms with Crippen molar-refractivity contribution in [3.63, 3.8) is 0 Å². The van der Waals surface area contributed by atoms with Gasteiger partial charge in [-0.1, -0.05) is 29.3 Å². The number of hydrogen-bond donors (Lipinski definition) is 1. The molecule has 106 valence electrons. The average Bonchev–Trinajstić information content (AvgIpc) is 2.36. The minimum Gasteiger partial charge on any atom is -0.278 e. The van der Waals surface area contributed by atoms with E-state index in [1.54, 1.807) is 19.1 Å². The first-order chi connectivity index (χ1) is 9.29. The third-order valence-corrected chi connectivity index (χ3v) is 5.38. The lowest BCUT2D eigenvalue weighted by molar-refractivity contribution is 0.600. The van der Waals surface area contributed by atoms with E-state index in [0.717, 1.165) is 0 Å². The van der Waals surface area contributed by atoms with Gasteiger partial charge in [0.15, 0.2) is 0 Å². The number of hydrogen-bond acceptors (Lipinski definition) is 3. The lowest BCUT2D eigenvalue weighted by Gasteiger charge is -2.11. The summed E-state index contributed by atoms with van der Waals surface area (Å²) in [5, 5.41) is 0.610. The van der Waals surface area contributed by atoms with Gasteiger partial charge < -0.3 is 0 Å². The molecule has 1 aromatic carbocycles. The van der Waals surface area contributed by atoms with Gasteiger partial charge in [0.05, 0.1) is 21.3 Å². The predicted molar refractivity (Wildman–Crippen MR) is 83.9 cm³/mol. The molecule has 8 heteroatoms. The third kappa shape index (κ3) is 3.44. The van der Waals surface area contributed by atoms with E-state index in [0.29, 0.717) is 20.7 Å². The Morgan fingerprint density at radius 3 is 2.60 bits per heavy atom. The zero-order chi connectivity index (χ0) is 14.9. The Bertz CT molecular complexity index is 766. The van der Waals surface area contributed by atoms with Crippen molar-refractivity contribution in [3.05, 3.63) is 50.7 Å². The van der Waals surface area contributed by atoms with E-state index in [2.05, 4.69) is 25.6 Å². The second-order valence-corrected chi connectivity index (χ2v) is 7.31. The van der Waals surface area contributed by atoms with Crippen LogP contribution in [-0.4, -0.2) is 13.4 Å². The second kappa shape index (κ2) is 5.89. The van der Waals surface area contributed by atoms with Gasteiger partial charge in [-0.2, -0.15) is 0 Å². The number of sulfonamides is 1. The molecule has 0 saturated heterocycles. The number of aromatic nitrogens is 1. The molecule has 2 rings (SSSR count). The van der Waals surface area contributed by atoms with E-state index in [-0.39, 0.29) is 10.0 Å². The van der Waals surface area contributed by atoms with Crippen molar-refractivity contribution < 1.29 is 8.42 Å². The van der Waals surface area contributed by atoms with E-state index in [1.165, 1.54) is 18.3 Å². The smallest absolute Gasteiger partial charge is 0.262 e. The first kappa shape index (κ1) is 15.6. The van der Waals surface area contributed by atoms with Crippen LogP contribution in [0.2, 0.25) is 10.2 Å². The SMILES string of the molecule is Cc1ccc(Cl)cc1S(=O)(=O)Nc1cnc(Cl)c(Br)c1. The first-order valence-corrected chi connectivity index (χ1v) is 8.43. The van der Waals surface area contributed by atoms with Gasteiger partial charge in [0.25, 0.3) is 10.0 Å². The molecule has 0 aliphatic rings. The van der Waals surface area contributed by atoms with Crippen LogP contribution in [0.5, 0.6) is 0 Å². The molecule has 0 saturated carbocycles. The van der Waals surface area contributed by atoms with Gasteiger partial charge in [-0.3, -0.25) is 4.72 Å². The first-order valence-electron chi connectivity index (χ1n) is 5.39. The van der Waals surface area contributed by atoms with Crippen LogP contribution in [0, 0.1) is 6.92 Å². The second-order valence-electron chi connectivity index (χ2n) is 4.01. The lowest BCUT2D eigenvalue weighted by Crippen LogP contribution is -2.14. The number of nitrogens with zero attached hydrogens (tertiary/aromatic N) is 1. The summed E-state index contributed by atoms with van der Waals surface area (Å²) in [5.41, 5.74) is 0.906. The molecule has 2 aromatic rings. The summed E-state index contributed by atoms with van der Waals surface area (Å²) >= 11 is 14.8. The van der Waals surface area contributed by atoms with Gasteiger partial charge in [0.2, 0.25) is 0 Å². The maximum Gasteiger partial charge on any atom is 0.262 e. The molecular formula is C12H9BrCl2N2O2S. The van der Waals surface area contributed by atoms with Gasteiger partial charge in [-0.05, 0) is 46.6 Å². The zero-order valence-electron chi connectivity index (χ0n) is 10.2. The number of pyridine rings is 1. The summed E-state index contributed by atoms with van der Waals surface area (Å²) < 4.78 is 27.6. The van der Waals surface area contributed by atoms with Crippen LogP contribution in [0.15, 0.2) is 39.8 Å². The number of halogens is 3. The van der Waals surface area contributed by atoms with Crippen LogP contribution in [0.25, 0.3) is 0 Å². The van der Waals surface area contributed by atoms with Crippen LogP contribution in [0.1, 0.15) is 5.56 Å². The Balaban J connectivity index is 2.40. The van der Waals surface area contributed by atoms with Gasteiger partial charge in [-0.25, -0.2) is 13.4 Å². The van der Waals surface area contributed by atoms with Gasteiger partial charge in [-0.15, -0.1) is 0 Å². The molecule has 0 aliphatic carbocycles. The van der Waals surface area contributed by atoms with Crippen LogP contribution in [0.3, 0.4) is 0 Å². The van der Waals surface area contributed by atoms with Crippen molar-refractivity contribution in [3.8, 4) is 0 Å². The predicted octanol–water partition coefficient (Wildman–Crippen LogP) is 4.26. The highest BCUT2D eigenvalue weighted by Gasteiger charge is 2.18. The van der Waals surface area contributed by atoms with E-state index < -0.39 is 10.0 Å². The average molecular weight is 396 g/mol. The van der Waals surface area contributed by atoms with E-state index in [9.17, 15) is 8.42 Å². The van der Waals surface area contributed by atoms with Crippen molar-refractivity contribution in [2.24, 2.45) is 0 Å². The Morgan fingerprint density at radius 1 is 1.25 bits per heavy atom. The molecule has 0 amide bonds. The Hall–Kier alpha value is -0.820. The number of aryl methyl sites for hydroxylation is 1. The molecule has 0 atom stereocenters. The highest BCUT2D eigenvalue weighted by molar-refractivity contribution is 9.10. The molecule has 0 bridgehead atoms. The molecular weight excluding hydrogens is 387 g/mol. The van der Waals surface area contributed by atoms with Crippen LogP contribution >= 0.6 is 39.1 Å². The van der Waals surface area contributed by atoms with E-state index in [1.807, 2.05) is 0 Å². The number of benzene rings is 1. The maximum atomic E-state index is 12.3. The minimum absolute atomic E-state index is 0.121. The van der Waals surface area contributed by atoms with Crippen molar-refractivity contribution >= 4 is 54.8 Å². The molecule has 4 nitrogen and oxygen atoms in total. The van der Waals surface area contributed by atoms with Crippen molar-refractivity contribution in [2.75, 3.05) is 4.72 Å².